The molecule has 0 aliphatic rings. The first-order valence-electron chi connectivity index (χ1n) is 6.09. The molecule has 0 radical (unpaired) electrons. The van der Waals surface area contributed by atoms with E-state index < -0.39 is 0 Å². The Morgan fingerprint density at radius 2 is 2.25 bits per heavy atom. The van der Waals surface area contributed by atoms with Gasteiger partial charge in [0.15, 0.2) is 0 Å². The summed E-state index contributed by atoms with van der Waals surface area (Å²) in [4.78, 5) is 0. The molecule has 2 atom stereocenters. The van der Waals surface area contributed by atoms with Crippen LogP contribution >= 0.6 is 0 Å². The van der Waals surface area contributed by atoms with Crippen LogP contribution in [0.2, 0.25) is 0 Å². The fourth-order valence-corrected chi connectivity index (χ4v) is 1.58. The Labute approximate surface area is 98.2 Å². The quantitative estimate of drug-likeness (QED) is 0.738. The summed E-state index contributed by atoms with van der Waals surface area (Å²) in [5.74, 6) is 0.883. The standard InChI is InChI=1S/C13H23NO2/c1-4-6-11(2)14-9-12(3)16-10-13-7-5-8-15-13/h5,7-8,11-12,14H,4,6,9-10H2,1-3H3. The molecule has 0 aliphatic heterocycles. The first-order chi connectivity index (χ1) is 7.72. The average molecular weight is 225 g/mol. The zero-order valence-electron chi connectivity index (χ0n) is 10.5. The minimum atomic E-state index is 0.212. The summed E-state index contributed by atoms with van der Waals surface area (Å²) in [6.45, 7) is 7.94. The largest absolute Gasteiger partial charge is 0.467 e. The van der Waals surface area contributed by atoms with E-state index in [1.165, 1.54) is 12.8 Å². The lowest BCUT2D eigenvalue weighted by atomic mass is 10.2. The van der Waals surface area contributed by atoms with Gasteiger partial charge in [-0.15, -0.1) is 0 Å². The Morgan fingerprint density at radius 1 is 1.44 bits per heavy atom. The summed E-state index contributed by atoms with van der Waals surface area (Å²) < 4.78 is 10.9. The Bertz CT molecular complexity index is 259. The maximum Gasteiger partial charge on any atom is 0.129 e. The van der Waals surface area contributed by atoms with Crippen molar-refractivity contribution in [3.05, 3.63) is 24.2 Å². The highest BCUT2D eigenvalue weighted by Gasteiger charge is 2.06. The molecule has 16 heavy (non-hydrogen) atoms. The van der Waals surface area contributed by atoms with E-state index in [0.717, 1.165) is 12.3 Å². The van der Waals surface area contributed by atoms with Crippen molar-refractivity contribution in [3.63, 3.8) is 0 Å². The summed E-state index contributed by atoms with van der Waals surface area (Å²) in [5, 5.41) is 3.46. The van der Waals surface area contributed by atoms with Gasteiger partial charge in [0.05, 0.1) is 12.4 Å². The number of furan rings is 1. The Kier molecular flexibility index (Phi) is 6.19. The average Bonchev–Trinajstić information content (AvgIpc) is 2.77. The second-order valence-electron chi connectivity index (χ2n) is 4.30. The third-order valence-corrected chi connectivity index (χ3v) is 2.57. The van der Waals surface area contributed by atoms with Gasteiger partial charge in [0, 0.05) is 12.6 Å². The molecule has 3 nitrogen and oxygen atoms in total. The molecular formula is C13H23NO2. The van der Waals surface area contributed by atoms with Crippen molar-refractivity contribution in [2.75, 3.05) is 6.54 Å². The highest BCUT2D eigenvalue weighted by Crippen LogP contribution is 2.04. The lowest BCUT2D eigenvalue weighted by Crippen LogP contribution is -2.33. The van der Waals surface area contributed by atoms with Crippen molar-refractivity contribution >= 4 is 0 Å². The number of rotatable bonds is 8. The fourth-order valence-electron chi connectivity index (χ4n) is 1.58. The van der Waals surface area contributed by atoms with Crippen LogP contribution in [0.5, 0.6) is 0 Å². The van der Waals surface area contributed by atoms with Crippen molar-refractivity contribution in [2.45, 2.75) is 52.4 Å². The van der Waals surface area contributed by atoms with Crippen molar-refractivity contribution in [2.24, 2.45) is 0 Å². The third-order valence-electron chi connectivity index (χ3n) is 2.57. The predicted molar refractivity (Wildman–Crippen MR) is 65.3 cm³/mol. The first kappa shape index (κ1) is 13.3. The van der Waals surface area contributed by atoms with Crippen LogP contribution in [0.15, 0.2) is 22.8 Å². The summed E-state index contributed by atoms with van der Waals surface area (Å²) in [6.07, 6.45) is 4.32. The minimum Gasteiger partial charge on any atom is -0.467 e. The molecular weight excluding hydrogens is 202 g/mol. The van der Waals surface area contributed by atoms with Crippen molar-refractivity contribution < 1.29 is 9.15 Å². The summed E-state index contributed by atoms with van der Waals surface area (Å²) in [5.41, 5.74) is 0. The van der Waals surface area contributed by atoms with Crippen LogP contribution in [0.3, 0.4) is 0 Å². The minimum absolute atomic E-state index is 0.212. The molecule has 1 aromatic rings. The van der Waals surface area contributed by atoms with Crippen molar-refractivity contribution in [1.82, 2.24) is 5.32 Å². The van der Waals surface area contributed by atoms with Crippen LogP contribution in [0, 0.1) is 0 Å². The highest BCUT2D eigenvalue weighted by atomic mass is 16.5. The molecule has 0 spiro atoms. The number of hydrogen-bond donors (Lipinski definition) is 1. The van der Waals surface area contributed by atoms with Gasteiger partial charge >= 0.3 is 0 Å². The molecule has 0 aromatic carbocycles. The zero-order chi connectivity index (χ0) is 11.8. The smallest absolute Gasteiger partial charge is 0.129 e. The van der Waals surface area contributed by atoms with Gasteiger partial charge < -0.3 is 14.5 Å². The maximum absolute atomic E-state index is 5.66. The Hall–Kier alpha value is -0.800. The van der Waals surface area contributed by atoms with Crippen LogP contribution < -0.4 is 5.32 Å². The van der Waals surface area contributed by atoms with E-state index in [1.807, 2.05) is 12.1 Å². The number of nitrogens with one attached hydrogen (secondary N) is 1. The van der Waals surface area contributed by atoms with E-state index >= 15 is 0 Å². The molecule has 2 unspecified atom stereocenters. The van der Waals surface area contributed by atoms with E-state index in [9.17, 15) is 0 Å². The molecule has 1 rings (SSSR count). The van der Waals surface area contributed by atoms with Gasteiger partial charge in [0.2, 0.25) is 0 Å². The summed E-state index contributed by atoms with van der Waals surface area (Å²) >= 11 is 0. The van der Waals surface area contributed by atoms with Gasteiger partial charge in [-0.2, -0.15) is 0 Å². The van der Waals surface area contributed by atoms with Crippen LogP contribution in [-0.4, -0.2) is 18.7 Å². The van der Waals surface area contributed by atoms with Gasteiger partial charge in [-0.05, 0) is 32.4 Å². The van der Waals surface area contributed by atoms with E-state index in [4.69, 9.17) is 9.15 Å². The number of ether oxygens (including phenoxy) is 1. The third kappa shape index (κ3) is 5.33. The van der Waals surface area contributed by atoms with Crippen molar-refractivity contribution in [3.8, 4) is 0 Å². The molecule has 3 heteroatoms. The molecule has 0 aliphatic carbocycles. The van der Waals surface area contributed by atoms with Crippen molar-refractivity contribution in [1.29, 1.82) is 0 Å². The topological polar surface area (TPSA) is 34.4 Å². The fraction of sp³-hybridized carbons (Fsp3) is 0.692. The van der Waals surface area contributed by atoms with Crippen LogP contribution in [0.1, 0.15) is 39.4 Å². The van der Waals surface area contributed by atoms with Crippen LogP contribution in [0.25, 0.3) is 0 Å². The lowest BCUT2D eigenvalue weighted by Gasteiger charge is -2.17. The summed E-state index contributed by atoms with van der Waals surface area (Å²) in [7, 11) is 0. The van der Waals surface area contributed by atoms with Gasteiger partial charge in [-0.1, -0.05) is 13.3 Å². The van der Waals surface area contributed by atoms with E-state index in [-0.39, 0.29) is 6.10 Å². The molecule has 1 heterocycles. The Morgan fingerprint density at radius 3 is 2.88 bits per heavy atom. The second-order valence-corrected chi connectivity index (χ2v) is 4.30. The monoisotopic (exact) mass is 225 g/mol. The zero-order valence-corrected chi connectivity index (χ0v) is 10.5. The first-order valence-corrected chi connectivity index (χ1v) is 6.09. The van der Waals surface area contributed by atoms with E-state index in [2.05, 4.69) is 26.1 Å². The number of hydrogen-bond acceptors (Lipinski definition) is 3. The van der Waals surface area contributed by atoms with Gasteiger partial charge in [-0.25, -0.2) is 0 Å². The van der Waals surface area contributed by atoms with Gasteiger partial charge in [-0.3, -0.25) is 0 Å². The Balaban J connectivity index is 2.09. The molecule has 0 amide bonds. The van der Waals surface area contributed by atoms with E-state index in [1.54, 1.807) is 6.26 Å². The predicted octanol–water partition coefficient (Wildman–Crippen LogP) is 2.96. The van der Waals surface area contributed by atoms with Crippen LogP contribution in [0.4, 0.5) is 0 Å². The van der Waals surface area contributed by atoms with Gasteiger partial charge in [0.25, 0.3) is 0 Å². The molecule has 0 bridgehead atoms. The normalized spacial score (nSPS) is 14.9. The SMILES string of the molecule is CCCC(C)NCC(C)OCc1ccco1. The molecule has 0 saturated carbocycles. The molecule has 92 valence electrons. The molecule has 0 saturated heterocycles. The van der Waals surface area contributed by atoms with Gasteiger partial charge in [0.1, 0.15) is 12.4 Å². The van der Waals surface area contributed by atoms with E-state index in [0.29, 0.717) is 12.6 Å². The second kappa shape index (κ2) is 7.47. The summed E-state index contributed by atoms with van der Waals surface area (Å²) in [6, 6.07) is 4.38. The van der Waals surface area contributed by atoms with Crippen LogP contribution in [-0.2, 0) is 11.3 Å². The molecule has 1 N–H and O–H groups in total. The molecule has 1 aromatic heterocycles. The maximum atomic E-state index is 5.66. The lowest BCUT2D eigenvalue weighted by molar-refractivity contribution is 0.0414. The highest BCUT2D eigenvalue weighted by molar-refractivity contribution is 4.96. The molecule has 0 fully saturated rings.